The number of nitrogens with one attached hydrogen (secondary N) is 1. The Labute approximate surface area is 143 Å². The van der Waals surface area contributed by atoms with E-state index in [-0.39, 0.29) is 25.0 Å². The molecule has 2 N–H and O–H groups in total. The van der Waals surface area contributed by atoms with E-state index in [0.29, 0.717) is 5.92 Å². The van der Waals surface area contributed by atoms with Crippen LogP contribution in [0.25, 0.3) is 0 Å². The van der Waals surface area contributed by atoms with E-state index >= 15 is 0 Å². The zero-order chi connectivity index (χ0) is 17.1. The third-order valence-electron chi connectivity index (χ3n) is 5.61. The van der Waals surface area contributed by atoms with Gasteiger partial charge in [-0.15, -0.1) is 0 Å². The van der Waals surface area contributed by atoms with Gasteiger partial charge in [0.2, 0.25) is 5.91 Å². The molecule has 1 aromatic carbocycles. The summed E-state index contributed by atoms with van der Waals surface area (Å²) in [5.41, 5.74) is 0.752. The number of hydrogen-bond donors (Lipinski definition) is 2. The van der Waals surface area contributed by atoms with Crippen molar-refractivity contribution in [3.05, 3.63) is 30.3 Å². The van der Waals surface area contributed by atoms with Crippen molar-refractivity contribution in [1.82, 2.24) is 5.32 Å². The summed E-state index contributed by atoms with van der Waals surface area (Å²) in [6, 6.07) is 9.39. The molecule has 5 heteroatoms. The van der Waals surface area contributed by atoms with Crippen molar-refractivity contribution >= 4 is 17.6 Å². The van der Waals surface area contributed by atoms with Crippen molar-refractivity contribution in [3.63, 3.8) is 0 Å². The molecule has 2 bridgehead atoms. The van der Waals surface area contributed by atoms with Gasteiger partial charge in [-0.2, -0.15) is 0 Å². The molecule has 4 unspecified atom stereocenters. The van der Waals surface area contributed by atoms with E-state index in [2.05, 4.69) is 12.2 Å². The van der Waals surface area contributed by atoms with Gasteiger partial charge in [0.1, 0.15) is 6.54 Å². The first-order valence-electron chi connectivity index (χ1n) is 8.84. The fraction of sp³-hybridized carbons (Fsp3) is 0.579. The summed E-state index contributed by atoms with van der Waals surface area (Å²) in [5.74, 6) is 1.15. The maximum absolute atomic E-state index is 12.4. The quantitative estimate of drug-likeness (QED) is 0.806. The van der Waals surface area contributed by atoms with Crippen LogP contribution in [0, 0.1) is 17.8 Å². The lowest BCUT2D eigenvalue weighted by molar-refractivity contribution is -0.135. The van der Waals surface area contributed by atoms with E-state index in [9.17, 15) is 9.59 Å². The molecular formula is C19H26N2O3. The maximum atomic E-state index is 12.4. The Morgan fingerprint density at radius 3 is 2.54 bits per heavy atom. The molecular weight excluding hydrogens is 304 g/mol. The van der Waals surface area contributed by atoms with E-state index in [1.165, 1.54) is 25.7 Å². The van der Waals surface area contributed by atoms with Crippen LogP contribution in [0.15, 0.2) is 30.3 Å². The highest BCUT2D eigenvalue weighted by Crippen LogP contribution is 2.49. The first-order valence-corrected chi connectivity index (χ1v) is 8.84. The molecule has 0 spiro atoms. The number of benzene rings is 1. The lowest BCUT2D eigenvalue weighted by atomic mass is 9.84. The Bertz CT molecular complexity index is 590. The van der Waals surface area contributed by atoms with Gasteiger partial charge in [-0.05, 0) is 56.1 Å². The van der Waals surface area contributed by atoms with Gasteiger partial charge >= 0.3 is 5.97 Å². The molecule has 5 nitrogen and oxygen atoms in total. The van der Waals surface area contributed by atoms with Crippen molar-refractivity contribution < 1.29 is 14.7 Å². The Balaban J connectivity index is 1.58. The Morgan fingerprint density at radius 2 is 1.96 bits per heavy atom. The van der Waals surface area contributed by atoms with Crippen molar-refractivity contribution in [3.8, 4) is 0 Å². The molecule has 2 aliphatic rings. The molecule has 3 rings (SSSR count). The highest BCUT2D eigenvalue weighted by molar-refractivity contribution is 5.84. The summed E-state index contributed by atoms with van der Waals surface area (Å²) < 4.78 is 0. The first-order chi connectivity index (χ1) is 11.5. The minimum absolute atomic E-state index is 0.0709. The third-order valence-corrected chi connectivity index (χ3v) is 5.61. The molecule has 2 aliphatic carbocycles. The second-order valence-corrected chi connectivity index (χ2v) is 7.28. The van der Waals surface area contributed by atoms with E-state index in [1.807, 2.05) is 30.3 Å². The summed E-state index contributed by atoms with van der Waals surface area (Å²) in [7, 11) is 0. The van der Waals surface area contributed by atoms with Gasteiger partial charge in [-0.1, -0.05) is 24.6 Å². The number of carbonyl (C=O) groups excluding carboxylic acids is 1. The van der Waals surface area contributed by atoms with E-state index in [0.717, 1.165) is 17.5 Å². The number of para-hydroxylation sites is 1. The number of fused-ring (bicyclic) bond motifs is 2. The molecule has 0 aromatic heterocycles. The summed E-state index contributed by atoms with van der Waals surface area (Å²) in [5, 5.41) is 12.2. The van der Waals surface area contributed by atoms with Crippen LogP contribution < -0.4 is 10.2 Å². The van der Waals surface area contributed by atoms with E-state index in [4.69, 9.17) is 5.11 Å². The number of amides is 1. The molecule has 2 fully saturated rings. The monoisotopic (exact) mass is 330 g/mol. The van der Waals surface area contributed by atoms with E-state index < -0.39 is 5.97 Å². The fourth-order valence-electron chi connectivity index (χ4n) is 4.53. The van der Waals surface area contributed by atoms with Gasteiger partial charge in [-0.25, -0.2) is 0 Å². The van der Waals surface area contributed by atoms with Crippen LogP contribution in [0.1, 0.15) is 32.6 Å². The lowest BCUT2D eigenvalue weighted by Crippen LogP contribution is -2.46. The smallest absolute Gasteiger partial charge is 0.323 e. The molecule has 0 saturated heterocycles. The molecule has 24 heavy (non-hydrogen) atoms. The largest absolute Gasteiger partial charge is 0.480 e. The predicted molar refractivity (Wildman–Crippen MR) is 92.8 cm³/mol. The fourth-order valence-corrected chi connectivity index (χ4v) is 4.53. The molecule has 0 radical (unpaired) electrons. The molecule has 4 atom stereocenters. The van der Waals surface area contributed by atoms with Gasteiger partial charge in [-0.3, -0.25) is 9.59 Å². The van der Waals surface area contributed by atoms with Gasteiger partial charge < -0.3 is 15.3 Å². The van der Waals surface area contributed by atoms with Crippen LogP contribution in [0.3, 0.4) is 0 Å². The summed E-state index contributed by atoms with van der Waals surface area (Å²) >= 11 is 0. The van der Waals surface area contributed by atoms with Crippen LogP contribution >= 0.6 is 0 Å². The highest BCUT2D eigenvalue weighted by Gasteiger charge is 2.42. The minimum atomic E-state index is -0.937. The Morgan fingerprint density at radius 1 is 1.21 bits per heavy atom. The summed E-state index contributed by atoms with van der Waals surface area (Å²) in [6.07, 6.45) is 5.19. The average Bonchev–Trinajstić information content (AvgIpc) is 3.17. The number of nitrogens with zero attached hydrogens (tertiary/aromatic N) is 1. The molecule has 1 aromatic rings. The van der Waals surface area contributed by atoms with Crippen molar-refractivity contribution in [2.24, 2.45) is 17.8 Å². The standard InChI is InChI=1S/C19H26N2O3/c1-13(17-10-14-7-8-15(17)9-14)20-18(22)11-21(12-19(23)24)16-5-3-2-4-6-16/h2-6,13-15,17H,7-12H2,1H3,(H,20,22)(H,23,24). The van der Waals surface area contributed by atoms with Crippen molar-refractivity contribution in [2.75, 3.05) is 18.0 Å². The number of rotatable bonds is 7. The van der Waals surface area contributed by atoms with Gasteiger partial charge in [0.05, 0.1) is 6.54 Å². The SMILES string of the molecule is CC(NC(=O)CN(CC(=O)O)c1ccccc1)C1CC2CCC1C2. The Hall–Kier alpha value is -2.04. The minimum Gasteiger partial charge on any atom is -0.480 e. The second-order valence-electron chi connectivity index (χ2n) is 7.28. The van der Waals surface area contributed by atoms with Crippen LogP contribution in [0.5, 0.6) is 0 Å². The topological polar surface area (TPSA) is 69.6 Å². The highest BCUT2D eigenvalue weighted by atomic mass is 16.4. The predicted octanol–water partition coefficient (Wildman–Crippen LogP) is 2.52. The first kappa shape index (κ1) is 16.8. The number of carboxylic acid groups (broad SMARTS) is 1. The van der Waals surface area contributed by atoms with Crippen molar-refractivity contribution in [2.45, 2.75) is 38.6 Å². The summed E-state index contributed by atoms with van der Waals surface area (Å²) in [6.45, 7) is 1.98. The number of aliphatic carboxylic acids is 1. The number of anilines is 1. The van der Waals surface area contributed by atoms with Gasteiger partial charge in [0.25, 0.3) is 0 Å². The third kappa shape index (κ3) is 3.89. The summed E-state index contributed by atoms with van der Waals surface area (Å²) in [4.78, 5) is 25.1. The average molecular weight is 330 g/mol. The van der Waals surface area contributed by atoms with Crippen LogP contribution in [-0.4, -0.2) is 36.1 Å². The second kappa shape index (κ2) is 7.24. The van der Waals surface area contributed by atoms with Crippen LogP contribution in [0.2, 0.25) is 0 Å². The van der Waals surface area contributed by atoms with Gasteiger partial charge in [0, 0.05) is 11.7 Å². The molecule has 0 aliphatic heterocycles. The zero-order valence-electron chi connectivity index (χ0n) is 14.1. The number of carbonyl (C=O) groups is 2. The van der Waals surface area contributed by atoms with Crippen LogP contribution in [-0.2, 0) is 9.59 Å². The lowest BCUT2D eigenvalue weighted by Gasteiger charge is -2.30. The number of carboxylic acids is 1. The molecule has 130 valence electrons. The van der Waals surface area contributed by atoms with E-state index in [1.54, 1.807) is 4.90 Å². The molecule has 2 saturated carbocycles. The normalized spacial score (nSPS) is 26.1. The number of hydrogen-bond acceptors (Lipinski definition) is 3. The molecule has 1 amide bonds. The van der Waals surface area contributed by atoms with Crippen molar-refractivity contribution in [1.29, 1.82) is 0 Å². The maximum Gasteiger partial charge on any atom is 0.323 e. The van der Waals surface area contributed by atoms with Crippen LogP contribution in [0.4, 0.5) is 5.69 Å². The molecule has 0 heterocycles. The Kier molecular flexibility index (Phi) is 5.07. The zero-order valence-corrected chi connectivity index (χ0v) is 14.1. The van der Waals surface area contributed by atoms with Gasteiger partial charge in [0.15, 0.2) is 0 Å².